The average molecular weight is 548 g/mol. The molecule has 0 aliphatic carbocycles. The number of para-hydroxylation sites is 1. The minimum Gasteiger partial charge on any atom is -0.477 e. The van der Waals surface area contributed by atoms with Crippen molar-refractivity contribution in [3.63, 3.8) is 0 Å². The molecule has 1 aromatic heterocycles. The van der Waals surface area contributed by atoms with Crippen LogP contribution in [0.25, 0.3) is 10.9 Å². The van der Waals surface area contributed by atoms with E-state index < -0.39 is 5.97 Å². The number of hydrogen-bond donors (Lipinski definition) is 2. The molecule has 184 valence electrons. The SMILES string of the molecule is CN1CCC(NC(=O)c2ccc(Cn3c(C(=O)O)cc4c(Br)cc(Oc5ccccc5)cc43)cc2)C1. The molecule has 0 saturated carbocycles. The number of benzene rings is 3. The number of carboxylic acids is 1. The summed E-state index contributed by atoms with van der Waals surface area (Å²) in [6, 6.07) is 22.2. The number of aromatic nitrogens is 1. The molecule has 8 heteroatoms. The molecule has 0 bridgehead atoms. The maximum Gasteiger partial charge on any atom is 0.352 e. The number of likely N-dealkylation sites (tertiary alicyclic amines) is 1. The summed E-state index contributed by atoms with van der Waals surface area (Å²) in [5.74, 6) is 0.187. The number of carbonyl (C=O) groups excluding carboxylic acids is 1. The highest BCUT2D eigenvalue weighted by molar-refractivity contribution is 9.10. The fourth-order valence-corrected chi connectivity index (χ4v) is 5.13. The topological polar surface area (TPSA) is 83.8 Å². The Hall–Kier alpha value is -3.62. The van der Waals surface area contributed by atoms with Crippen molar-refractivity contribution in [1.82, 2.24) is 14.8 Å². The van der Waals surface area contributed by atoms with Crippen LogP contribution in [0.1, 0.15) is 32.8 Å². The van der Waals surface area contributed by atoms with E-state index >= 15 is 0 Å². The Kier molecular flexibility index (Phi) is 6.80. The Labute approximate surface area is 217 Å². The molecule has 0 radical (unpaired) electrons. The highest BCUT2D eigenvalue weighted by atomic mass is 79.9. The fourth-order valence-electron chi connectivity index (χ4n) is 4.59. The Morgan fingerprint density at radius 1 is 1.06 bits per heavy atom. The standard InChI is InChI=1S/C28H26BrN3O4/c1-31-12-11-20(17-31)30-27(33)19-9-7-18(8-10-19)16-32-25-14-22(36-21-5-3-2-4-6-21)13-24(29)23(25)15-26(32)28(34)35/h2-10,13-15,20H,11-12,16-17H2,1H3,(H,30,33)(H,34,35). The summed E-state index contributed by atoms with van der Waals surface area (Å²) in [7, 11) is 2.05. The predicted molar refractivity (Wildman–Crippen MR) is 142 cm³/mol. The third kappa shape index (κ3) is 5.15. The number of amides is 1. The molecule has 4 aromatic rings. The molecule has 2 heterocycles. The van der Waals surface area contributed by atoms with E-state index in [-0.39, 0.29) is 17.6 Å². The number of carboxylic acid groups (broad SMARTS) is 1. The van der Waals surface area contributed by atoms with Crippen LogP contribution in [0, 0.1) is 0 Å². The van der Waals surface area contributed by atoms with Gasteiger partial charge >= 0.3 is 5.97 Å². The highest BCUT2D eigenvalue weighted by Crippen LogP contribution is 2.34. The number of carbonyl (C=O) groups is 2. The number of fused-ring (bicyclic) bond motifs is 1. The second-order valence-electron chi connectivity index (χ2n) is 9.09. The van der Waals surface area contributed by atoms with E-state index in [0.717, 1.165) is 40.4 Å². The minimum atomic E-state index is -1.01. The van der Waals surface area contributed by atoms with E-state index in [2.05, 4.69) is 26.1 Å². The first-order valence-electron chi connectivity index (χ1n) is 11.7. The molecular formula is C28H26BrN3O4. The van der Waals surface area contributed by atoms with Crippen molar-refractivity contribution >= 4 is 38.7 Å². The molecule has 1 fully saturated rings. The summed E-state index contributed by atoms with van der Waals surface area (Å²) in [4.78, 5) is 26.9. The van der Waals surface area contributed by atoms with E-state index in [4.69, 9.17) is 4.74 Å². The van der Waals surface area contributed by atoms with Crippen molar-refractivity contribution in [3.05, 3.63) is 94.1 Å². The third-order valence-electron chi connectivity index (χ3n) is 6.43. The van der Waals surface area contributed by atoms with Gasteiger partial charge in [-0.05, 0) is 77.9 Å². The van der Waals surface area contributed by atoms with Gasteiger partial charge in [0.1, 0.15) is 17.2 Å². The fraction of sp³-hybridized carbons (Fsp3) is 0.214. The van der Waals surface area contributed by atoms with Gasteiger partial charge in [0.25, 0.3) is 5.91 Å². The largest absolute Gasteiger partial charge is 0.477 e. The lowest BCUT2D eigenvalue weighted by molar-refractivity contribution is 0.0686. The molecular weight excluding hydrogens is 522 g/mol. The summed E-state index contributed by atoms with van der Waals surface area (Å²) in [6.07, 6.45) is 0.949. The number of hydrogen-bond acceptors (Lipinski definition) is 4. The van der Waals surface area contributed by atoms with Crippen LogP contribution in [0.15, 0.2) is 77.3 Å². The van der Waals surface area contributed by atoms with Gasteiger partial charge in [-0.3, -0.25) is 4.79 Å². The first-order valence-corrected chi connectivity index (χ1v) is 12.5. The number of likely N-dealkylation sites (N-methyl/N-ethyl adjacent to an activating group) is 1. The monoisotopic (exact) mass is 547 g/mol. The van der Waals surface area contributed by atoms with E-state index in [1.165, 1.54) is 0 Å². The lowest BCUT2D eigenvalue weighted by Gasteiger charge is -2.14. The van der Waals surface area contributed by atoms with Gasteiger partial charge in [0.2, 0.25) is 0 Å². The Morgan fingerprint density at radius 3 is 2.47 bits per heavy atom. The molecule has 0 spiro atoms. The second-order valence-corrected chi connectivity index (χ2v) is 9.95. The molecule has 1 saturated heterocycles. The van der Waals surface area contributed by atoms with Gasteiger partial charge < -0.3 is 24.6 Å². The highest BCUT2D eigenvalue weighted by Gasteiger charge is 2.22. The van der Waals surface area contributed by atoms with Crippen LogP contribution in [0.2, 0.25) is 0 Å². The number of nitrogens with zero attached hydrogens (tertiary/aromatic N) is 2. The third-order valence-corrected chi connectivity index (χ3v) is 7.08. The lowest BCUT2D eigenvalue weighted by atomic mass is 10.1. The van der Waals surface area contributed by atoms with E-state index in [1.54, 1.807) is 22.8 Å². The van der Waals surface area contributed by atoms with Crippen molar-refractivity contribution in [2.75, 3.05) is 20.1 Å². The van der Waals surface area contributed by atoms with Crippen molar-refractivity contribution in [2.45, 2.75) is 19.0 Å². The normalized spacial score (nSPS) is 15.8. The number of nitrogens with one attached hydrogen (secondary N) is 1. The molecule has 7 nitrogen and oxygen atoms in total. The number of aromatic carboxylic acids is 1. The lowest BCUT2D eigenvalue weighted by Crippen LogP contribution is -2.36. The predicted octanol–water partition coefficient (Wildman–Crippen LogP) is 5.38. The van der Waals surface area contributed by atoms with Crippen LogP contribution in [-0.4, -0.2) is 52.6 Å². The van der Waals surface area contributed by atoms with Crippen LogP contribution in [-0.2, 0) is 6.54 Å². The van der Waals surface area contributed by atoms with Gasteiger partial charge in [0.05, 0.1) is 5.52 Å². The average Bonchev–Trinajstić information content (AvgIpc) is 3.44. The van der Waals surface area contributed by atoms with Crippen LogP contribution in [0.5, 0.6) is 11.5 Å². The zero-order chi connectivity index (χ0) is 25.2. The maximum absolute atomic E-state index is 12.6. The summed E-state index contributed by atoms with van der Waals surface area (Å²) in [6.45, 7) is 2.17. The van der Waals surface area contributed by atoms with E-state index in [9.17, 15) is 14.7 Å². The van der Waals surface area contributed by atoms with E-state index in [0.29, 0.717) is 23.6 Å². The van der Waals surface area contributed by atoms with Crippen LogP contribution < -0.4 is 10.1 Å². The van der Waals surface area contributed by atoms with Crippen LogP contribution in [0.3, 0.4) is 0 Å². The molecule has 3 aromatic carbocycles. The summed E-state index contributed by atoms with van der Waals surface area (Å²) in [5.41, 5.74) is 2.39. The van der Waals surface area contributed by atoms with Crippen molar-refractivity contribution in [2.24, 2.45) is 0 Å². The first kappa shape index (κ1) is 24.1. The number of ether oxygens (including phenoxy) is 1. The molecule has 1 amide bonds. The van der Waals surface area contributed by atoms with Gasteiger partial charge in [-0.25, -0.2) is 4.79 Å². The van der Waals surface area contributed by atoms with Crippen LogP contribution in [0.4, 0.5) is 0 Å². The Bertz CT molecular complexity index is 1420. The second kappa shape index (κ2) is 10.2. The van der Waals surface area contributed by atoms with Gasteiger partial charge in [-0.2, -0.15) is 0 Å². The van der Waals surface area contributed by atoms with Crippen LogP contribution >= 0.6 is 15.9 Å². The summed E-state index contributed by atoms with van der Waals surface area (Å²) < 4.78 is 8.51. The zero-order valence-electron chi connectivity index (χ0n) is 19.8. The molecule has 1 aliphatic rings. The minimum absolute atomic E-state index is 0.0916. The van der Waals surface area contributed by atoms with Crippen molar-refractivity contribution in [3.8, 4) is 11.5 Å². The van der Waals surface area contributed by atoms with Gasteiger partial charge in [0.15, 0.2) is 0 Å². The quantitative estimate of drug-likeness (QED) is 0.324. The molecule has 1 aliphatic heterocycles. The molecule has 2 N–H and O–H groups in total. The zero-order valence-corrected chi connectivity index (χ0v) is 21.4. The Balaban J connectivity index is 1.41. The van der Waals surface area contributed by atoms with Crippen molar-refractivity contribution in [1.29, 1.82) is 0 Å². The van der Waals surface area contributed by atoms with Gasteiger partial charge in [-0.1, -0.05) is 30.3 Å². The summed E-state index contributed by atoms with van der Waals surface area (Å²) >= 11 is 3.57. The van der Waals surface area contributed by atoms with E-state index in [1.807, 2.05) is 61.6 Å². The number of halogens is 1. The first-order chi connectivity index (χ1) is 17.4. The molecule has 5 rings (SSSR count). The summed E-state index contributed by atoms with van der Waals surface area (Å²) in [5, 5.41) is 13.8. The Morgan fingerprint density at radius 2 is 1.81 bits per heavy atom. The van der Waals surface area contributed by atoms with Gasteiger partial charge in [-0.15, -0.1) is 0 Å². The number of rotatable bonds is 7. The molecule has 1 unspecified atom stereocenters. The van der Waals surface area contributed by atoms with Gasteiger partial charge in [0, 0.05) is 40.6 Å². The molecule has 36 heavy (non-hydrogen) atoms. The maximum atomic E-state index is 12.6. The van der Waals surface area contributed by atoms with Crippen molar-refractivity contribution < 1.29 is 19.4 Å². The molecule has 1 atom stereocenters. The smallest absolute Gasteiger partial charge is 0.352 e.